The maximum absolute atomic E-state index is 12.4. The second-order valence-electron chi connectivity index (χ2n) is 6.29. The summed E-state index contributed by atoms with van der Waals surface area (Å²) in [4.78, 5) is 14.7. The zero-order valence-corrected chi connectivity index (χ0v) is 12.8. The molecule has 1 heterocycles. The Morgan fingerprint density at radius 2 is 1.90 bits per heavy atom. The monoisotopic (exact) mass is 275 g/mol. The van der Waals surface area contributed by atoms with Gasteiger partial charge in [-0.1, -0.05) is 26.0 Å². The fraction of sp³-hybridized carbons (Fsp3) is 0.588. The fourth-order valence-electron chi connectivity index (χ4n) is 2.58. The highest BCUT2D eigenvalue weighted by molar-refractivity contribution is 6.00. The molecule has 20 heavy (non-hydrogen) atoms. The van der Waals surface area contributed by atoms with E-state index in [2.05, 4.69) is 18.7 Å². The minimum Gasteiger partial charge on any atom is -0.493 e. The normalized spacial score (nSPS) is 18.8. The minimum atomic E-state index is 0.161. The predicted octanol–water partition coefficient (Wildman–Crippen LogP) is 3.39. The largest absolute Gasteiger partial charge is 0.493 e. The smallest absolute Gasteiger partial charge is 0.180 e. The summed E-state index contributed by atoms with van der Waals surface area (Å²) in [5.74, 6) is 0.867. The number of Topliss-reactive ketones (excluding diaryl/α,β-unsaturated/α-hetero) is 1. The van der Waals surface area contributed by atoms with E-state index in [0.717, 1.165) is 25.9 Å². The highest BCUT2D eigenvalue weighted by Crippen LogP contribution is 2.30. The van der Waals surface area contributed by atoms with Crippen LogP contribution in [0.3, 0.4) is 0 Å². The first kappa shape index (κ1) is 15.0. The van der Waals surface area contributed by atoms with Crippen LogP contribution in [0, 0.1) is 5.41 Å². The van der Waals surface area contributed by atoms with Gasteiger partial charge in [-0.05, 0) is 50.4 Å². The Morgan fingerprint density at radius 1 is 1.25 bits per heavy atom. The lowest BCUT2D eigenvalue weighted by Crippen LogP contribution is -2.40. The van der Waals surface area contributed by atoms with Gasteiger partial charge >= 0.3 is 0 Å². The summed E-state index contributed by atoms with van der Waals surface area (Å²) in [6.07, 6.45) is 2.32. The molecule has 0 saturated carbocycles. The summed E-state index contributed by atoms with van der Waals surface area (Å²) < 4.78 is 5.54. The molecule has 0 unspecified atom stereocenters. The van der Waals surface area contributed by atoms with Gasteiger partial charge in [0.2, 0.25) is 0 Å². The van der Waals surface area contributed by atoms with E-state index in [4.69, 9.17) is 4.74 Å². The fourth-order valence-corrected chi connectivity index (χ4v) is 2.58. The molecule has 1 saturated heterocycles. The highest BCUT2D eigenvalue weighted by Gasteiger charge is 2.26. The van der Waals surface area contributed by atoms with Gasteiger partial charge < -0.3 is 4.74 Å². The molecule has 0 aromatic heterocycles. The number of carbonyl (C=O) groups is 1. The first-order chi connectivity index (χ1) is 9.52. The van der Waals surface area contributed by atoms with Crippen LogP contribution in [0.1, 0.15) is 44.0 Å². The van der Waals surface area contributed by atoms with E-state index in [0.29, 0.717) is 29.9 Å². The van der Waals surface area contributed by atoms with Crippen molar-refractivity contribution in [1.29, 1.82) is 0 Å². The molecule has 1 fully saturated rings. The lowest BCUT2D eigenvalue weighted by Gasteiger charge is -2.36. The molecule has 0 aliphatic carbocycles. The van der Waals surface area contributed by atoms with Crippen molar-refractivity contribution < 1.29 is 9.53 Å². The maximum Gasteiger partial charge on any atom is 0.180 e. The van der Waals surface area contributed by atoms with Crippen LogP contribution in [0.2, 0.25) is 0 Å². The topological polar surface area (TPSA) is 29.5 Å². The number of carbonyl (C=O) groups excluding carboxylic acids is 1. The summed E-state index contributed by atoms with van der Waals surface area (Å²) in [5.41, 5.74) is 1.13. The van der Waals surface area contributed by atoms with Crippen molar-refractivity contribution in [2.45, 2.75) is 33.6 Å². The SMILES string of the molecule is CCOc1ccccc1C(=O)CN1CCC(C)(C)CC1. The Hall–Kier alpha value is -1.35. The lowest BCUT2D eigenvalue weighted by atomic mass is 9.82. The molecule has 0 amide bonds. The van der Waals surface area contributed by atoms with E-state index in [1.807, 2.05) is 31.2 Å². The average molecular weight is 275 g/mol. The van der Waals surface area contributed by atoms with Crippen LogP contribution in [-0.2, 0) is 0 Å². The molecular weight excluding hydrogens is 250 g/mol. The predicted molar refractivity (Wildman–Crippen MR) is 81.4 cm³/mol. The van der Waals surface area contributed by atoms with Gasteiger partial charge in [0, 0.05) is 0 Å². The molecule has 3 nitrogen and oxygen atoms in total. The van der Waals surface area contributed by atoms with Crippen LogP contribution in [-0.4, -0.2) is 36.9 Å². The number of ether oxygens (including phenoxy) is 1. The number of rotatable bonds is 5. The Balaban J connectivity index is 1.99. The minimum absolute atomic E-state index is 0.161. The van der Waals surface area contributed by atoms with Crippen molar-refractivity contribution in [3.05, 3.63) is 29.8 Å². The Morgan fingerprint density at radius 3 is 2.55 bits per heavy atom. The molecule has 0 N–H and O–H groups in total. The molecule has 2 rings (SSSR count). The first-order valence-electron chi connectivity index (χ1n) is 7.49. The van der Waals surface area contributed by atoms with Gasteiger partial charge in [0.05, 0.1) is 18.7 Å². The number of ketones is 1. The molecule has 1 aromatic rings. The maximum atomic E-state index is 12.4. The molecule has 1 aliphatic heterocycles. The van der Waals surface area contributed by atoms with Crippen LogP contribution in [0.5, 0.6) is 5.75 Å². The number of benzene rings is 1. The average Bonchev–Trinajstić information content (AvgIpc) is 2.42. The first-order valence-corrected chi connectivity index (χ1v) is 7.49. The molecule has 110 valence electrons. The van der Waals surface area contributed by atoms with Gasteiger partial charge in [-0.25, -0.2) is 0 Å². The number of nitrogens with zero attached hydrogens (tertiary/aromatic N) is 1. The van der Waals surface area contributed by atoms with Crippen LogP contribution >= 0.6 is 0 Å². The van der Waals surface area contributed by atoms with E-state index < -0.39 is 0 Å². The van der Waals surface area contributed by atoms with Crippen LogP contribution < -0.4 is 4.74 Å². The number of hydrogen-bond acceptors (Lipinski definition) is 3. The third kappa shape index (κ3) is 3.83. The molecule has 0 spiro atoms. The van der Waals surface area contributed by atoms with E-state index in [9.17, 15) is 4.79 Å². The summed E-state index contributed by atoms with van der Waals surface area (Å²) in [6.45, 7) is 9.65. The Labute approximate surface area is 121 Å². The third-order valence-corrected chi connectivity index (χ3v) is 4.06. The van der Waals surface area contributed by atoms with Gasteiger partial charge in [-0.15, -0.1) is 0 Å². The lowest BCUT2D eigenvalue weighted by molar-refractivity contribution is 0.0842. The van der Waals surface area contributed by atoms with E-state index >= 15 is 0 Å². The van der Waals surface area contributed by atoms with Gasteiger partial charge in [0.15, 0.2) is 5.78 Å². The summed E-state index contributed by atoms with van der Waals surface area (Å²) in [5, 5.41) is 0. The molecule has 0 bridgehead atoms. The quantitative estimate of drug-likeness (QED) is 0.771. The van der Waals surface area contributed by atoms with Gasteiger partial charge in [-0.2, -0.15) is 0 Å². The van der Waals surface area contributed by atoms with Gasteiger partial charge in [-0.3, -0.25) is 9.69 Å². The Kier molecular flexibility index (Phi) is 4.81. The number of hydrogen-bond donors (Lipinski definition) is 0. The second-order valence-corrected chi connectivity index (χ2v) is 6.29. The number of likely N-dealkylation sites (tertiary alicyclic amines) is 1. The van der Waals surface area contributed by atoms with Crippen molar-refractivity contribution in [3.8, 4) is 5.75 Å². The summed E-state index contributed by atoms with van der Waals surface area (Å²) in [7, 11) is 0. The van der Waals surface area contributed by atoms with Crippen molar-refractivity contribution in [3.63, 3.8) is 0 Å². The third-order valence-electron chi connectivity index (χ3n) is 4.06. The van der Waals surface area contributed by atoms with Gasteiger partial charge in [0.1, 0.15) is 5.75 Å². The highest BCUT2D eigenvalue weighted by atomic mass is 16.5. The van der Waals surface area contributed by atoms with E-state index in [1.54, 1.807) is 0 Å². The second kappa shape index (κ2) is 6.40. The van der Waals surface area contributed by atoms with E-state index in [1.165, 1.54) is 0 Å². The molecule has 0 radical (unpaired) electrons. The Bertz CT molecular complexity index is 458. The summed E-state index contributed by atoms with van der Waals surface area (Å²) >= 11 is 0. The molecule has 3 heteroatoms. The van der Waals surface area contributed by atoms with Crippen molar-refractivity contribution in [2.24, 2.45) is 5.41 Å². The zero-order valence-electron chi connectivity index (χ0n) is 12.8. The van der Waals surface area contributed by atoms with E-state index in [-0.39, 0.29) is 5.78 Å². The standard InChI is InChI=1S/C17H25NO2/c1-4-20-16-8-6-5-7-14(16)15(19)13-18-11-9-17(2,3)10-12-18/h5-8H,4,9-13H2,1-3H3. The van der Waals surface area contributed by atoms with Crippen LogP contribution in [0.4, 0.5) is 0 Å². The molecule has 0 atom stereocenters. The van der Waals surface area contributed by atoms with Crippen molar-refractivity contribution >= 4 is 5.78 Å². The van der Waals surface area contributed by atoms with Crippen molar-refractivity contribution in [2.75, 3.05) is 26.2 Å². The molecule has 1 aromatic carbocycles. The zero-order chi connectivity index (χ0) is 14.6. The number of piperidine rings is 1. The molecule has 1 aliphatic rings. The molecular formula is C17H25NO2. The summed E-state index contributed by atoms with van der Waals surface area (Å²) in [6, 6.07) is 7.54. The van der Waals surface area contributed by atoms with Gasteiger partial charge in [0.25, 0.3) is 0 Å². The number of para-hydroxylation sites is 1. The van der Waals surface area contributed by atoms with Crippen molar-refractivity contribution in [1.82, 2.24) is 4.90 Å². The van der Waals surface area contributed by atoms with Crippen LogP contribution in [0.15, 0.2) is 24.3 Å². The van der Waals surface area contributed by atoms with Crippen LogP contribution in [0.25, 0.3) is 0 Å².